The molecule has 1 aliphatic carbocycles. The van der Waals surface area contributed by atoms with Crippen LogP contribution in [0, 0.1) is 0 Å². The Morgan fingerprint density at radius 2 is 1.76 bits per heavy atom. The summed E-state index contributed by atoms with van der Waals surface area (Å²) in [6.45, 7) is -0.296. The Kier molecular flexibility index (Phi) is 7.06. The van der Waals surface area contributed by atoms with Gasteiger partial charge in [0.15, 0.2) is 6.04 Å². The van der Waals surface area contributed by atoms with E-state index < -0.39 is 23.9 Å². The maximum Gasteiger partial charge on any atom is 0.330 e. The lowest BCUT2D eigenvalue weighted by atomic mass is 9.96. The van der Waals surface area contributed by atoms with E-state index in [1.165, 1.54) is 18.6 Å². The van der Waals surface area contributed by atoms with Crippen LogP contribution in [-0.2, 0) is 9.59 Å². The van der Waals surface area contributed by atoms with E-state index in [9.17, 15) is 19.5 Å². The zero-order valence-corrected chi connectivity index (χ0v) is 14.5. The summed E-state index contributed by atoms with van der Waals surface area (Å²) in [4.78, 5) is 35.1. The van der Waals surface area contributed by atoms with Crippen molar-refractivity contribution in [1.29, 1.82) is 0 Å². The number of aliphatic carboxylic acids is 1. The van der Waals surface area contributed by atoms with E-state index in [1.54, 1.807) is 12.1 Å². The molecule has 3 amide bonds. The molecule has 1 aliphatic rings. The molecule has 0 aliphatic heterocycles. The van der Waals surface area contributed by atoms with E-state index in [4.69, 9.17) is 11.6 Å². The Morgan fingerprint density at radius 3 is 2.36 bits per heavy atom. The van der Waals surface area contributed by atoms with Gasteiger partial charge in [0, 0.05) is 11.1 Å². The third-order valence-corrected chi connectivity index (χ3v) is 4.36. The van der Waals surface area contributed by atoms with Crippen LogP contribution in [0.3, 0.4) is 0 Å². The maximum atomic E-state index is 12.0. The predicted molar refractivity (Wildman–Crippen MR) is 93.4 cm³/mol. The van der Waals surface area contributed by atoms with Gasteiger partial charge in [0.2, 0.25) is 5.91 Å². The van der Waals surface area contributed by atoms with Gasteiger partial charge in [0.05, 0.1) is 6.54 Å². The molecule has 1 aromatic carbocycles. The summed E-state index contributed by atoms with van der Waals surface area (Å²) < 4.78 is 0. The molecule has 0 spiro atoms. The lowest BCUT2D eigenvalue weighted by molar-refractivity contribution is -0.141. The molecule has 2 rings (SSSR count). The molecule has 0 radical (unpaired) electrons. The molecule has 0 heterocycles. The van der Waals surface area contributed by atoms with Gasteiger partial charge < -0.3 is 21.1 Å². The Balaban J connectivity index is 1.81. The zero-order chi connectivity index (χ0) is 18.2. The number of carbonyl (C=O) groups excluding carboxylic acids is 2. The molecule has 1 unspecified atom stereocenters. The highest BCUT2D eigenvalue weighted by molar-refractivity contribution is 6.30. The molecule has 0 saturated heterocycles. The number of nitrogens with one attached hydrogen (secondary N) is 3. The van der Waals surface area contributed by atoms with Crippen molar-refractivity contribution < 1.29 is 19.5 Å². The lowest BCUT2D eigenvalue weighted by Gasteiger charge is -2.23. The standard InChI is InChI=1S/C17H22ClN3O4/c18-12-8-6-11(7-9-12)15(16(23)24)21-14(22)10-19-17(25)20-13-4-2-1-3-5-13/h6-9,13,15H,1-5,10H2,(H,21,22)(H,23,24)(H2,19,20,25). The second-order valence-electron chi connectivity index (χ2n) is 6.05. The molecule has 0 bridgehead atoms. The highest BCUT2D eigenvalue weighted by Crippen LogP contribution is 2.17. The van der Waals surface area contributed by atoms with Crippen LogP contribution >= 0.6 is 11.6 Å². The molecule has 0 aromatic heterocycles. The average molecular weight is 368 g/mol. The molecule has 7 nitrogen and oxygen atoms in total. The number of hydrogen-bond acceptors (Lipinski definition) is 3. The van der Waals surface area contributed by atoms with Crippen LogP contribution in [0.25, 0.3) is 0 Å². The van der Waals surface area contributed by atoms with Gasteiger partial charge in [-0.05, 0) is 30.5 Å². The molecule has 1 aromatic rings. The number of rotatable bonds is 6. The second-order valence-corrected chi connectivity index (χ2v) is 6.49. The van der Waals surface area contributed by atoms with E-state index in [0.717, 1.165) is 25.7 Å². The van der Waals surface area contributed by atoms with E-state index >= 15 is 0 Å². The molecular weight excluding hydrogens is 346 g/mol. The average Bonchev–Trinajstić information content (AvgIpc) is 2.59. The predicted octanol–water partition coefficient (Wildman–Crippen LogP) is 2.21. The summed E-state index contributed by atoms with van der Waals surface area (Å²) in [5.74, 6) is -1.77. The van der Waals surface area contributed by atoms with Gasteiger partial charge in [0.25, 0.3) is 0 Å². The minimum atomic E-state index is -1.20. The summed E-state index contributed by atoms with van der Waals surface area (Å²) in [5, 5.41) is 17.4. The number of carboxylic acids is 1. The van der Waals surface area contributed by atoms with Crippen molar-refractivity contribution in [1.82, 2.24) is 16.0 Å². The quantitative estimate of drug-likeness (QED) is 0.618. The molecular formula is C17H22ClN3O4. The van der Waals surface area contributed by atoms with E-state index in [2.05, 4.69) is 16.0 Å². The number of halogens is 1. The molecule has 136 valence electrons. The van der Waals surface area contributed by atoms with Crippen molar-refractivity contribution in [2.45, 2.75) is 44.2 Å². The normalized spacial score (nSPS) is 15.9. The van der Waals surface area contributed by atoms with Gasteiger partial charge >= 0.3 is 12.0 Å². The van der Waals surface area contributed by atoms with Crippen molar-refractivity contribution >= 4 is 29.5 Å². The Morgan fingerprint density at radius 1 is 1.12 bits per heavy atom. The minimum absolute atomic E-state index is 0.137. The molecule has 8 heteroatoms. The van der Waals surface area contributed by atoms with E-state index in [1.807, 2.05) is 0 Å². The number of urea groups is 1. The number of benzene rings is 1. The van der Waals surface area contributed by atoms with Crippen LogP contribution in [-0.4, -0.2) is 35.6 Å². The van der Waals surface area contributed by atoms with Gasteiger partial charge in [-0.2, -0.15) is 0 Å². The van der Waals surface area contributed by atoms with Gasteiger partial charge in [-0.3, -0.25) is 4.79 Å². The first kappa shape index (κ1) is 19.1. The van der Waals surface area contributed by atoms with Crippen LogP contribution in [0.15, 0.2) is 24.3 Å². The topological polar surface area (TPSA) is 108 Å². The third-order valence-electron chi connectivity index (χ3n) is 4.11. The SMILES string of the molecule is O=C(CNC(=O)NC1CCCCC1)NC(C(=O)O)c1ccc(Cl)cc1. The molecule has 4 N–H and O–H groups in total. The molecule has 25 heavy (non-hydrogen) atoms. The van der Waals surface area contributed by atoms with Crippen molar-refractivity contribution in [3.63, 3.8) is 0 Å². The molecule has 1 fully saturated rings. The van der Waals surface area contributed by atoms with Crippen molar-refractivity contribution in [3.05, 3.63) is 34.9 Å². The molecule has 1 atom stereocenters. The first-order chi connectivity index (χ1) is 12.0. The van der Waals surface area contributed by atoms with E-state index in [0.29, 0.717) is 10.6 Å². The van der Waals surface area contributed by atoms with Gasteiger partial charge in [-0.1, -0.05) is 43.0 Å². The fourth-order valence-corrected chi connectivity index (χ4v) is 2.92. The van der Waals surface area contributed by atoms with Crippen LogP contribution in [0.4, 0.5) is 4.79 Å². The third kappa shape index (κ3) is 6.26. The zero-order valence-electron chi connectivity index (χ0n) is 13.8. The Hall–Kier alpha value is -2.28. The summed E-state index contributed by atoms with van der Waals surface area (Å²) in [6.07, 6.45) is 5.25. The smallest absolute Gasteiger partial charge is 0.330 e. The van der Waals surface area contributed by atoms with E-state index in [-0.39, 0.29) is 12.6 Å². The number of amides is 3. The summed E-state index contributed by atoms with van der Waals surface area (Å²) in [6, 6.07) is 4.69. The largest absolute Gasteiger partial charge is 0.479 e. The first-order valence-electron chi connectivity index (χ1n) is 8.27. The minimum Gasteiger partial charge on any atom is -0.479 e. The fraction of sp³-hybridized carbons (Fsp3) is 0.471. The number of carboxylic acid groups (broad SMARTS) is 1. The van der Waals surface area contributed by atoms with Crippen molar-refractivity contribution in [2.75, 3.05) is 6.54 Å². The fourth-order valence-electron chi connectivity index (χ4n) is 2.80. The number of hydrogen-bond donors (Lipinski definition) is 4. The highest BCUT2D eigenvalue weighted by Gasteiger charge is 2.22. The van der Waals surface area contributed by atoms with Crippen molar-refractivity contribution in [2.24, 2.45) is 0 Å². The number of carbonyl (C=O) groups is 3. The van der Waals surface area contributed by atoms with Gasteiger partial charge in [0.1, 0.15) is 0 Å². The lowest BCUT2D eigenvalue weighted by Crippen LogP contribution is -2.47. The molecule has 1 saturated carbocycles. The summed E-state index contributed by atoms with van der Waals surface area (Å²) >= 11 is 5.78. The second kappa shape index (κ2) is 9.27. The summed E-state index contributed by atoms with van der Waals surface area (Å²) in [7, 11) is 0. The summed E-state index contributed by atoms with van der Waals surface area (Å²) in [5.41, 5.74) is 0.400. The van der Waals surface area contributed by atoms with Crippen LogP contribution < -0.4 is 16.0 Å². The van der Waals surface area contributed by atoms with Gasteiger partial charge in [-0.25, -0.2) is 9.59 Å². The van der Waals surface area contributed by atoms with Crippen LogP contribution in [0.2, 0.25) is 5.02 Å². The first-order valence-corrected chi connectivity index (χ1v) is 8.65. The van der Waals surface area contributed by atoms with Gasteiger partial charge in [-0.15, -0.1) is 0 Å². The Labute approximate surface area is 151 Å². The highest BCUT2D eigenvalue weighted by atomic mass is 35.5. The van der Waals surface area contributed by atoms with Crippen molar-refractivity contribution in [3.8, 4) is 0 Å². The Bertz CT molecular complexity index is 615. The monoisotopic (exact) mass is 367 g/mol. The maximum absolute atomic E-state index is 12.0. The van der Waals surface area contributed by atoms with Crippen LogP contribution in [0.5, 0.6) is 0 Å². The van der Waals surface area contributed by atoms with Crippen LogP contribution in [0.1, 0.15) is 43.7 Å².